The van der Waals surface area contributed by atoms with E-state index in [1.54, 1.807) is 18.4 Å². The standard InChI is InChI=1S/C22H27F2N7O.HI/c1-2-25-22(26-12-20-28-21(30-29-20)19-9-5-11-32-19)27-15-6-4-10-31(13-15)14-16-17(23)7-3-8-18(16)24;/h3,5,7-9,11,15H,2,4,6,10,12-14H2,1H3,(H2,25,26,27)(H,28,29,30);1H. The lowest BCUT2D eigenvalue weighted by molar-refractivity contribution is 0.188. The maximum atomic E-state index is 14.0. The van der Waals surface area contributed by atoms with Crippen LogP contribution >= 0.6 is 24.0 Å². The zero-order valence-electron chi connectivity index (χ0n) is 18.4. The summed E-state index contributed by atoms with van der Waals surface area (Å²) < 4.78 is 33.4. The average Bonchev–Trinajstić information content (AvgIpc) is 3.47. The molecule has 2 aromatic heterocycles. The molecule has 3 N–H and O–H groups in total. The van der Waals surface area contributed by atoms with Crippen LogP contribution in [0.4, 0.5) is 8.78 Å². The van der Waals surface area contributed by atoms with Gasteiger partial charge in [0.2, 0.25) is 5.82 Å². The highest BCUT2D eigenvalue weighted by atomic mass is 127. The number of aliphatic imine (C=N–C) groups is 1. The van der Waals surface area contributed by atoms with E-state index < -0.39 is 11.6 Å². The molecule has 1 atom stereocenters. The normalized spacial score (nSPS) is 16.9. The minimum Gasteiger partial charge on any atom is -0.461 e. The summed E-state index contributed by atoms with van der Waals surface area (Å²) >= 11 is 0. The Morgan fingerprint density at radius 3 is 2.82 bits per heavy atom. The van der Waals surface area contributed by atoms with Gasteiger partial charge in [-0.05, 0) is 50.6 Å². The molecule has 0 spiro atoms. The first kappa shape index (κ1) is 25.1. The molecule has 8 nitrogen and oxygen atoms in total. The van der Waals surface area contributed by atoms with Crippen molar-refractivity contribution in [1.29, 1.82) is 0 Å². The molecule has 1 saturated heterocycles. The van der Waals surface area contributed by atoms with Crippen molar-refractivity contribution in [3.05, 3.63) is 59.6 Å². The molecule has 1 aromatic carbocycles. The first-order valence-electron chi connectivity index (χ1n) is 10.8. The molecule has 3 heterocycles. The van der Waals surface area contributed by atoms with Crippen LogP contribution in [-0.2, 0) is 13.1 Å². The summed E-state index contributed by atoms with van der Waals surface area (Å²) in [6.45, 7) is 4.74. The number of aromatic amines is 1. The molecule has 0 radical (unpaired) electrons. The number of hydrogen-bond donors (Lipinski definition) is 3. The summed E-state index contributed by atoms with van der Waals surface area (Å²) in [6.07, 6.45) is 3.46. The number of aromatic nitrogens is 3. The fraction of sp³-hybridized carbons (Fsp3) is 0.409. The highest BCUT2D eigenvalue weighted by molar-refractivity contribution is 14.0. The number of rotatable bonds is 7. The molecule has 1 fully saturated rings. The van der Waals surface area contributed by atoms with Crippen LogP contribution in [0.3, 0.4) is 0 Å². The van der Waals surface area contributed by atoms with Gasteiger partial charge in [-0.3, -0.25) is 10.00 Å². The summed E-state index contributed by atoms with van der Waals surface area (Å²) in [5.41, 5.74) is 0.117. The molecule has 178 valence electrons. The van der Waals surface area contributed by atoms with Crippen molar-refractivity contribution in [3.63, 3.8) is 0 Å². The molecule has 3 aromatic rings. The third-order valence-electron chi connectivity index (χ3n) is 5.29. The van der Waals surface area contributed by atoms with E-state index in [0.29, 0.717) is 43.0 Å². The molecule has 11 heteroatoms. The van der Waals surface area contributed by atoms with Crippen molar-refractivity contribution >= 4 is 29.9 Å². The van der Waals surface area contributed by atoms with Gasteiger partial charge in [0.05, 0.1) is 6.26 Å². The molecule has 0 bridgehead atoms. The Morgan fingerprint density at radius 2 is 2.09 bits per heavy atom. The van der Waals surface area contributed by atoms with Gasteiger partial charge in [0.15, 0.2) is 11.7 Å². The van der Waals surface area contributed by atoms with E-state index in [4.69, 9.17) is 4.42 Å². The SMILES string of the molecule is CCNC(=NCc1nc(-c2ccco2)n[nH]1)NC1CCCN(Cc2c(F)cccc2F)C1.I. The highest BCUT2D eigenvalue weighted by Gasteiger charge is 2.23. The molecule has 4 rings (SSSR count). The molecular formula is C22H28F2IN7O. The Bertz CT molecular complexity index is 1020. The second-order valence-electron chi connectivity index (χ2n) is 7.70. The van der Waals surface area contributed by atoms with Crippen molar-refractivity contribution < 1.29 is 13.2 Å². The predicted octanol–water partition coefficient (Wildman–Crippen LogP) is 3.68. The zero-order chi connectivity index (χ0) is 22.3. The molecular weight excluding hydrogens is 543 g/mol. The number of guanidine groups is 1. The van der Waals surface area contributed by atoms with E-state index in [1.165, 1.54) is 18.2 Å². The van der Waals surface area contributed by atoms with Crippen molar-refractivity contribution in [2.75, 3.05) is 19.6 Å². The molecule has 33 heavy (non-hydrogen) atoms. The predicted molar refractivity (Wildman–Crippen MR) is 132 cm³/mol. The van der Waals surface area contributed by atoms with Gasteiger partial charge < -0.3 is 15.1 Å². The first-order valence-corrected chi connectivity index (χ1v) is 10.8. The second-order valence-corrected chi connectivity index (χ2v) is 7.70. The largest absolute Gasteiger partial charge is 0.461 e. The van der Waals surface area contributed by atoms with E-state index in [9.17, 15) is 8.78 Å². The minimum atomic E-state index is -0.504. The van der Waals surface area contributed by atoms with E-state index in [2.05, 4.69) is 35.7 Å². The third-order valence-corrected chi connectivity index (χ3v) is 5.29. The zero-order valence-corrected chi connectivity index (χ0v) is 20.7. The molecule has 1 unspecified atom stereocenters. The monoisotopic (exact) mass is 571 g/mol. The molecule has 1 aliphatic rings. The Morgan fingerprint density at radius 1 is 1.27 bits per heavy atom. The summed E-state index contributed by atoms with van der Waals surface area (Å²) in [7, 11) is 0. The molecule has 0 saturated carbocycles. The lowest BCUT2D eigenvalue weighted by Crippen LogP contribution is -2.51. The van der Waals surface area contributed by atoms with Crippen LogP contribution in [0.5, 0.6) is 0 Å². The smallest absolute Gasteiger partial charge is 0.216 e. The number of likely N-dealkylation sites (tertiary alicyclic amines) is 1. The Labute approximate surface area is 208 Å². The topological polar surface area (TPSA) is 94.4 Å². The lowest BCUT2D eigenvalue weighted by atomic mass is 10.0. The maximum Gasteiger partial charge on any atom is 0.216 e. The number of furan rings is 1. The minimum absolute atomic E-state index is 0. The van der Waals surface area contributed by atoms with Crippen molar-refractivity contribution in [2.24, 2.45) is 4.99 Å². The van der Waals surface area contributed by atoms with E-state index in [-0.39, 0.29) is 42.1 Å². The number of hydrogen-bond acceptors (Lipinski definition) is 5. The Balaban J connectivity index is 0.00000306. The average molecular weight is 571 g/mol. The third kappa shape index (κ3) is 6.73. The van der Waals surface area contributed by atoms with Crippen LogP contribution in [0.1, 0.15) is 31.2 Å². The summed E-state index contributed by atoms with van der Waals surface area (Å²) in [4.78, 5) is 11.1. The van der Waals surface area contributed by atoms with E-state index in [1.807, 2.05) is 6.92 Å². The number of piperidine rings is 1. The Hall–Kier alpha value is -2.54. The number of H-pyrrole nitrogens is 1. The van der Waals surface area contributed by atoms with Crippen LogP contribution in [0.2, 0.25) is 0 Å². The van der Waals surface area contributed by atoms with Crippen LogP contribution in [0.25, 0.3) is 11.6 Å². The van der Waals surface area contributed by atoms with Gasteiger partial charge in [-0.25, -0.2) is 18.8 Å². The van der Waals surface area contributed by atoms with Gasteiger partial charge in [-0.1, -0.05) is 6.07 Å². The molecule has 0 amide bonds. The van der Waals surface area contributed by atoms with Crippen molar-refractivity contribution in [3.8, 4) is 11.6 Å². The van der Waals surface area contributed by atoms with Gasteiger partial charge in [-0.2, -0.15) is 0 Å². The number of nitrogens with one attached hydrogen (secondary N) is 3. The highest BCUT2D eigenvalue weighted by Crippen LogP contribution is 2.18. The van der Waals surface area contributed by atoms with E-state index in [0.717, 1.165) is 19.4 Å². The fourth-order valence-corrected chi connectivity index (χ4v) is 3.77. The van der Waals surface area contributed by atoms with Crippen molar-refractivity contribution in [2.45, 2.75) is 38.9 Å². The maximum absolute atomic E-state index is 14.0. The van der Waals surface area contributed by atoms with Crippen molar-refractivity contribution in [1.82, 2.24) is 30.7 Å². The van der Waals surface area contributed by atoms with Crippen LogP contribution < -0.4 is 10.6 Å². The second kappa shape index (κ2) is 12.1. The summed E-state index contributed by atoms with van der Waals surface area (Å²) in [5.74, 6) is 1.35. The van der Waals surface area contributed by atoms with Crippen LogP contribution in [0, 0.1) is 11.6 Å². The first-order chi connectivity index (χ1) is 15.6. The summed E-state index contributed by atoms with van der Waals surface area (Å²) in [5, 5.41) is 13.7. The quantitative estimate of drug-likeness (QED) is 0.228. The van der Waals surface area contributed by atoms with Crippen LogP contribution in [-0.4, -0.2) is 51.7 Å². The number of nitrogens with zero attached hydrogens (tertiary/aromatic N) is 4. The van der Waals surface area contributed by atoms with Gasteiger partial charge in [0.25, 0.3) is 0 Å². The van der Waals surface area contributed by atoms with Gasteiger partial charge in [-0.15, -0.1) is 29.1 Å². The van der Waals surface area contributed by atoms with Gasteiger partial charge >= 0.3 is 0 Å². The fourth-order valence-electron chi connectivity index (χ4n) is 3.77. The van der Waals surface area contributed by atoms with E-state index >= 15 is 0 Å². The number of halogens is 3. The van der Waals surface area contributed by atoms with Gasteiger partial charge in [0.1, 0.15) is 24.0 Å². The van der Waals surface area contributed by atoms with Crippen LogP contribution in [0.15, 0.2) is 46.0 Å². The molecule has 1 aliphatic heterocycles. The van der Waals surface area contributed by atoms with Gasteiger partial charge in [0, 0.05) is 31.2 Å². The molecule has 0 aliphatic carbocycles. The number of benzene rings is 1. The lowest BCUT2D eigenvalue weighted by Gasteiger charge is -2.34. The summed E-state index contributed by atoms with van der Waals surface area (Å²) in [6, 6.07) is 7.68. The Kier molecular flexibility index (Phi) is 9.18.